The number of thioether (sulfide) groups is 1. The molecule has 6 atom stereocenters. The number of nitrogens with zero attached hydrogens (tertiary/aromatic N) is 1. The fourth-order valence-electron chi connectivity index (χ4n) is 8.15. The molecule has 0 radical (unpaired) electrons. The summed E-state index contributed by atoms with van der Waals surface area (Å²) in [6.07, 6.45) is 12.3. The number of pyridine rings is 1. The lowest BCUT2D eigenvalue weighted by molar-refractivity contribution is -0.0323. The smallest absolute Gasteiger partial charge is 0.119 e. The van der Waals surface area contributed by atoms with Crippen LogP contribution in [0.25, 0.3) is 0 Å². The Morgan fingerprint density at radius 2 is 1.90 bits per heavy atom. The summed E-state index contributed by atoms with van der Waals surface area (Å²) in [5.41, 5.74) is 5.35. The van der Waals surface area contributed by atoms with Crippen LogP contribution in [0.1, 0.15) is 86.0 Å². The van der Waals surface area contributed by atoms with Crippen molar-refractivity contribution in [1.82, 2.24) is 4.98 Å². The Balaban J connectivity index is 1.07. The molecule has 3 aliphatic carbocycles. The molecular formula is C35H43NO3S. The first kappa shape index (κ1) is 27.7. The maximum Gasteiger partial charge on any atom is 0.119 e. The highest BCUT2D eigenvalue weighted by Gasteiger charge is 2.57. The fourth-order valence-corrected chi connectivity index (χ4v) is 9.11. The van der Waals surface area contributed by atoms with Crippen LogP contribution in [-0.4, -0.2) is 33.7 Å². The minimum absolute atomic E-state index is 0.0221. The van der Waals surface area contributed by atoms with Gasteiger partial charge in [-0.2, -0.15) is 11.8 Å². The number of aryl methyl sites for hydroxylation is 1. The SMILES string of the molecule is C[C@]12C[C@H](c3ccc(OCCCCCSCc4cccnc4)cc3)[C@@H]3c4ccc(O)cc4CC[C@H]3[C@@H]1CC[C@@H]2O. The van der Waals surface area contributed by atoms with E-state index in [4.69, 9.17) is 4.74 Å². The van der Waals surface area contributed by atoms with E-state index < -0.39 is 0 Å². The van der Waals surface area contributed by atoms with Crippen molar-refractivity contribution in [1.29, 1.82) is 0 Å². The average molecular weight is 558 g/mol. The first-order chi connectivity index (χ1) is 19.5. The molecule has 0 bridgehead atoms. The minimum Gasteiger partial charge on any atom is -0.508 e. The van der Waals surface area contributed by atoms with Gasteiger partial charge in [0.05, 0.1) is 12.7 Å². The molecule has 0 aliphatic heterocycles. The molecule has 2 saturated carbocycles. The van der Waals surface area contributed by atoms with Crippen molar-refractivity contribution in [3.8, 4) is 11.5 Å². The van der Waals surface area contributed by atoms with Crippen LogP contribution in [0.15, 0.2) is 67.0 Å². The predicted molar refractivity (Wildman–Crippen MR) is 163 cm³/mol. The van der Waals surface area contributed by atoms with E-state index >= 15 is 0 Å². The van der Waals surface area contributed by atoms with E-state index in [2.05, 4.69) is 48.3 Å². The van der Waals surface area contributed by atoms with Gasteiger partial charge in [0.25, 0.3) is 0 Å². The maximum atomic E-state index is 11.1. The van der Waals surface area contributed by atoms with Crippen molar-refractivity contribution >= 4 is 11.8 Å². The second kappa shape index (κ2) is 12.2. The second-order valence-corrected chi connectivity index (χ2v) is 13.6. The number of phenols is 1. The number of unbranched alkanes of at least 4 members (excludes halogenated alkanes) is 2. The van der Waals surface area contributed by atoms with E-state index in [1.54, 1.807) is 0 Å². The molecule has 0 spiro atoms. The number of aliphatic hydroxyl groups is 1. The molecule has 1 aromatic heterocycles. The minimum atomic E-state index is -0.210. The lowest BCUT2D eigenvalue weighted by Crippen LogP contribution is -2.47. The molecule has 2 fully saturated rings. The van der Waals surface area contributed by atoms with Crippen LogP contribution >= 0.6 is 11.8 Å². The number of ether oxygens (including phenoxy) is 1. The van der Waals surface area contributed by atoms with Crippen LogP contribution in [0.4, 0.5) is 0 Å². The molecule has 3 aliphatic rings. The monoisotopic (exact) mass is 557 g/mol. The third kappa shape index (κ3) is 5.65. The summed E-state index contributed by atoms with van der Waals surface area (Å²) in [7, 11) is 0. The number of rotatable bonds is 10. The zero-order valence-electron chi connectivity index (χ0n) is 23.7. The van der Waals surface area contributed by atoms with Gasteiger partial charge in [-0.15, -0.1) is 0 Å². The van der Waals surface area contributed by atoms with Crippen LogP contribution in [0.3, 0.4) is 0 Å². The highest BCUT2D eigenvalue weighted by molar-refractivity contribution is 7.98. The first-order valence-corrected chi connectivity index (χ1v) is 16.4. The Kier molecular flexibility index (Phi) is 8.41. The molecule has 0 unspecified atom stereocenters. The molecule has 3 aromatic rings. The fraction of sp³-hybridized carbons (Fsp3) is 0.514. The summed E-state index contributed by atoms with van der Waals surface area (Å²) in [4.78, 5) is 4.18. The Hall–Kier alpha value is -2.50. The summed E-state index contributed by atoms with van der Waals surface area (Å²) >= 11 is 1.98. The molecule has 4 nitrogen and oxygen atoms in total. The Bertz CT molecular complexity index is 1270. The highest BCUT2D eigenvalue weighted by atomic mass is 32.2. The third-order valence-corrected chi connectivity index (χ3v) is 11.3. The van der Waals surface area contributed by atoms with Crippen molar-refractivity contribution in [3.63, 3.8) is 0 Å². The van der Waals surface area contributed by atoms with Gasteiger partial charge in [0.1, 0.15) is 11.5 Å². The van der Waals surface area contributed by atoms with Crippen molar-refractivity contribution in [3.05, 3.63) is 89.2 Å². The summed E-state index contributed by atoms with van der Waals surface area (Å²) in [6, 6.07) is 19.0. The summed E-state index contributed by atoms with van der Waals surface area (Å²) in [5, 5.41) is 21.3. The van der Waals surface area contributed by atoms with Gasteiger partial charge >= 0.3 is 0 Å². The number of phenolic OH excluding ortho intramolecular Hbond substituents is 1. The summed E-state index contributed by atoms with van der Waals surface area (Å²) < 4.78 is 6.12. The lowest BCUT2D eigenvalue weighted by Gasteiger charge is -2.54. The number of aliphatic hydroxyl groups excluding tert-OH is 1. The molecule has 2 aromatic carbocycles. The molecule has 0 saturated heterocycles. The molecule has 40 heavy (non-hydrogen) atoms. The van der Waals surface area contributed by atoms with Gasteiger partial charge in [-0.3, -0.25) is 4.98 Å². The van der Waals surface area contributed by atoms with Crippen LogP contribution in [0, 0.1) is 17.3 Å². The number of fused-ring (bicyclic) bond motifs is 5. The molecule has 6 rings (SSSR count). The average Bonchev–Trinajstić information content (AvgIpc) is 3.28. The second-order valence-electron chi connectivity index (χ2n) is 12.5. The number of hydrogen-bond acceptors (Lipinski definition) is 5. The number of aromatic hydroxyl groups is 1. The Morgan fingerprint density at radius 1 is 1.02 bits per heavy atom. The van der Waals surface area contributed by atoms with E-state index in [0.29, 0.717) is 29.4 Å². The van der Waals surface area contributed by atoms with E-state index in [0.717, 1.165) is 56.6 Å². The predicted octanol–water partition coefficient (Wildman–Crippen LogP) is 7.88. The molecule has 212 valence electrons. The van der Waals surface area contributed by atoms with Crippen molar-refractivity contribution in [2.24, 2.45) is 17.3 Å². The van der Waals surface area contributed by atoms with Gasteiger partial charge in [0, 0.05) is 18.1 Å². The van der Waals surface area contributed by atoms with Crippen LogP contribution in [0.2, 0.25) is 0 Å². The largest absolute Gasteiger partial charge is 0.508 e. The standard InChI is InChI=1S/C35H43NO3S/c1-35-21-31(34-29-14-10-27(37)20-26(29)9-13-30(34)32(35)15-16-33(35)38)25-7-11-28(12-8-25)39-18-3-2-4-19-40-23-24-6-5-17-36-22-24/h5-8,10-12,14,17,20,22,30-34,37-38H,2-4,9,13,15-16,18-19,21,23H2,1H3/t30-,31+,32-,33-,34+,35-/m0/s1. The number of benzene rings is 2. The topological polar surface area (TPSA) is 62.6 Å². The zero-order valence-corrected chi connectivity index (χ0v) is 24.5. The van der Waals surface area contributed by atoms with Gasteiger partial charge in [0.2, 0.25) is 0 Å². The van der Waals surface area contributed by atoms with E-state index in [-0.39, 0.29) is 11.5 Å². The number of aromatic nitrogens is 1. The molecule has 0 amide bonds. The lowest BCUT2D eigenvalue weighted by atomic mass is 9.51. The van der Waals surface area contributed by atoms with Crippen LogP contribution in [0.5, 0.6) is 11.5 Å². The van der Waals surface area contributed by atoms with Gasteiger partial charge in [0.15, 0.2) is 0 Å². The van der Waals surface area contributed by atoms with Gasteiger partial charge < -0.3 is 14.9 Å². The van der Waals surface area contributed by atoms with Gasteiger partial charge in [-0.05, 0) is 139 Å². The third-order valence-electron chi connectivity index (χ3n) is 10.2. The van der Waals surface area contributed by atoms with E-state index in [9.17, 15) is 10.2 Å². The van der Waals surface area contributed by atoms with Gasteiger partial charge in [-0.25, -0.2) is 0 Å². The quantitative estimate of drug-likeness (QED) is 0.248. The normalized spacial score (nSPS) is 28.9. The van der Waals surface area contributed by atoms with Gasteiger partial charge in [-0.1, -0.05) is 31.2 Å². The molecule has 2 N–H and O–H groups in total. The van der Waals surface area contributed by atoms with Crippen molar-refractivity contribution in [2.45, 2.75) is 82.0 Å². The summed E-state index contributed by atoms with van der Waals surface area (Å²) in [5.74, 6) is 5.47. The molecule has 1 heterocycles. The van der Waals surface area contributed by atoms with Crippen molar-refractivity contribution in [2.75, 3.05) is 12.4 Å². The zero-order chi connectivity index (χ0) is 27.5. The van der Waals surface area contributed by atoms with Crippen LogP contribution < -0.4 is 4.74 Å². The molecular weight excluding hydrogens is 514 g/mol. The maximum absolute atomic E-state index is 11.1. The highest BCUT2D eigenvalue weighted by Crippen LogP contribution is 2.65. The number of hydrogen-bond donors (Lipinski definition) is 2. The van der Waals surface area contributed by atoms with E-state index in [1.165, 1.54) is 40.8 Å². The van der Waals surface area contributed by atoms with Crippen molar-refractivity contribution < 1.29 is 14.9 Å². The Morgan fingerprint density at radius 3 is 2.73 bits per heavy atom. The summed E-state index contributed by atoms with van der Waals surface area (Å²) in [6.45, 7) is 3.10. The first-order valence-electron chi connectivity index (χ1n) is 15.2. The Labute approximate surface area is 243 Å². The van der Waals surface area contributed by atoms with E-state index in [1.807, 2.05) is 42.4 Å². The molecule has 5 heteroatoms. The van der Waals surface area contributed by atoms with Crippen LogP contribution in [-0.2, 0) is 12.2 Å².